The van der Waals surface area contributed by atoms with Crippen LogP contribution in [0.4, 0.5) is 19.0 Å². The molecule has 0 spiro atoms. The van der Waals surface area contributed by atoms with E-state index in [9.17, 15) is 18.0 Å². The summed E-state index contributed by atoms with van der Waals surface area (Å²) < 4.78 is 40.2. The van der Waals surface area contributed by atoms with Gasteiger partial charge in [-0.15, -0.1) is 0 Å². The van der Waals surface area contributed by atoms with Crippen molar-refractivity contribution in [1.82, 2.24) is 9.38 Å². The lowest BCUT2D eigenvalue weighted by Gasteiger charge is -2.09. The highest BCUT2D eigenvalue weighted by Crippen LogP contribution is 2.33. The number of nitrogens with zero attached hydrogens (tertiary/aromatic N) is 2. The van der Waals surface area contributed by atoms with Crippen LogP contribution in [0.25, 0.3) is 16.9 Å². The van der Waals surface area contributed by atoms with Crippen molar-refractivity contribution >= 4 is 17.4 Å². The second-order valence-electron chi connectivity index (χ2n) is 6.67. The van der Waals surface area contributed by atoms with Crippen molar-refractivity contribution < 1.29 is 18.0 Å². The molecular formula is C21H22F3N3O. The molecule has 0 aliphatic carbocycles. The van der Waals surface area contributed by atoms with Gasteiger partial charge in [0.25, 0.3) is 0 Å². The lowest BCUT2D eigenvalue weighted by Crippen LogP contribution is -2.13. The predicted octanol–water partition coefficient (Wildman–Crippen LogP) is 5.93. The Morgan fingerprint density at radius 3 is 2.50 bits per heavy atom. The Morgan fingerprint density at radius 1 is 1.07 bits per heavy atom. The van der Waals surface area contributed by atoms with E-state index in [0.29, 0.717) is 29.1 Å². The molecule has 0 aliphatic heterocycles. The quantitative estimate of drug-likeness (QED) is 0.509. The lowest BCUT2D eigenvalue weighted by atomic mass is 10.1. The summed E-state index contributed by atoms with van der Waals surface area (Å²) in [4.78, 5) is 16.9. The first-order valence-corrected chi connectivity index (χ1v) is 9.34. The molecule has 0 radical (unpaired) electrons. The topological polar surface area (TPSA) is 46.4 Å². The monoisotopic (exact) mass is 389 g/mol. The maximum absolute atomic E-state index is 12.8. The number of hydrogen-bond donors (Lipinski definition) is 1. The van der Waals surface area contributed by atoms with Gasteiger partial charge in [-0.3, -0.25) is 9.20 Å². The number of amides is 1. The van der Waals surface area contributed by atoms with Crippen LogP contribution in [0, 0.1) is 0 Å². The standard InChI is InChI=1S/C21H22F3N3O/c1-2-3-4-5-9-18(28)26-20-19(25-17-8-6-7-14-27(17)20)15-10-12-16(13-11-15)21(22,23)24/h6-8,10-14H,2-5,9H2,1H3,(H,26,28). The molecule has 3 rings (SSSR count). The van der Waals surface area contributed by atoms with Crippen LogP contribution >= 0.6 is 0 Å². The normalized spacial score (nSPS) is 11.7. The van der Waals surface area contributed by atoms with Gasteiger partial charge in [0, 0.05) is 18.2 Å². The molecule has 0 unspecified atom stereocenters. The molecule has 1 N–H and O–H groups in total. The maximum Gasteiger partial charge on any atom is 0.416 e. The Labute approximate surface area is 161 Å². The number of alkyl halides is 3. The van der Waals surface area contributed by atoms with Crippen molar-refractivity contribution in [2.45, 2.75) is 45.2 Å². The fourth-order valence-corrected chi connectivity index (χ4v) is 3.04. The zero-order valence-corrected chi connectivity index (χ0v) is 15.6. The Balaban J connectivity index is 1.90. The van der Waals surface area contributed by atoms with Crippen molar-refractivity contribution in [2.75, 3.05) is 5.32 Å². The molecule has 0 bridgehead atoms. The number of anilines is 1. The Kier molecular flexibility index (Phi) is 6.02. The SMILES string of the molecule is CCCCCCC(=O)Nc1c(-c2ccc(C(F)(F)F)cc2)nc2ccccn12. The van der Waals surface area contributed by atoms with Crippen LogP contribution in [0.3, 0.4) is 0 Å². The van der Waals surface area contributed by atoms with E-state index in [4.69, 9.17) is 0 Å². The maximum atomic E-state index is 12.8. The summed E-state index contributed by atoms with van der Waals surface area (Å²) in [6.45, 7) is 2.11. The number of benzene rings is 1. The van der Waals surface area contributed by atoms with Gasteiger partial charge < -0.3 is 5.32 Å². The van der Waals surface area contributed by atoms with Crippen molar-refractivity contribution in [1.29, 1.82) is 0 Å². The van der Waals surface area contributed by atoms with E-state index in [1.54, 1.807) is 16.7 Å². The van der Waals surface area contributed by atoms with E-state index in [2.05, 4.69) is 17.2 Å². The van der Waals surface area contributed by atoms with Gasteiger partial charge >= 0.3 is 6.18 Å². The minimum Gasteiger partial charge on any atom is -0.310 e. The number of fused-ring (bicyclic) bond motifs is 1. The van der Waals surface area contributed by atoms with Crippen LogP contribution in [-0.2, 0) is 11.0 Å². The van der Waals surface area contributed by atoms with Gasteiger partial charge in [0.1, 0.15) is 17.2 Å². The van der Waals surface area contributed by atoms with E-state index in [1.165, 1.54) is 12.1 Å². The van der Waals surface area contributed by atoms with E-state index in [1.807, 2.05) is 12.1 Å². The number of unbranched alkanes of at least 4 members (excludes halogenated alkanes) is 3. The lowest BCUT2D eigenvalue weighted by molar-refractivity contribution is -0.137. The van der Waals surface area contributed by atoms with Gasteiger partial charge in [-0.1, -0.05) is 44.4 Å². The number of halogens is 3. The largest absolute Gasteiger partial charge is 0.416 e. The number of carbonyl (C=O) groups excluding carboxylic acids is 1. The van der Waals surface area contributed by atoms with E-state index >= 15 is 0 Å². The summed E-state index contributed by atoms with van der Waals surface area (Å²) in [6, 6.07) is 10.2. The molecular weight excluding hydrogens is 367 g/mol. The summed E-state index contributed by atoms with van der Waals surface area (Å²) in [5.41, 5.74) is 0.847. The third-order valence-electron chi connectivity index (χ3n) is 4.53. The summed E-state index contributed by atoms with van der Waals surface area (Å²) in [5, 5.41) is 2.89. The molecule has 2 heterocycles. The van der Waals surface area contributed by atoms with Crippen molar-refractivity contribution in [3.63, 3.8) is 0 Å². The zero-order valence-electron chi connectivity index (χ0n) is 15.6. The Hall–Kier alpha value is -2.83. The first-order chi connectivity index (χ1) is 13.4. The summed E-state index contributed by atoms with van der Waals surface area (Å²) in [6.07, 6.45) is 1.73. The number of pyridine rings is 1. The van der Waals surface area contributed by atoms with Gasteiger partial charge in [-0.25, -0.2) is 4.98 Å². The molecule has 1 amide bonds. The van der Waals surface area contributed by atoms with Gasteiger partial charge in [0.05, 0.1) is 5.56 Å². The minimum absolute atomic E-state index is 0.130. The average Bonchev–Trinajstić information content (AvgIpc) is 3.03. The third-order valence-corrected chi connectivity index (χ3v) is 4.53. The van der Waals surface area contributed by atoms with Gasteiger partial charge in [0.2, 0.25) is 5.91 Å². The van der Waals surface area contributed by atoms with Crippen LogP contribution in [0.5, 0.6) is 0 Å². The number of imidazole rings is 1. The smallest absolute Gasteiger partial charge is 0.310 e. The van der Waals surface area contributed by atoms with Crippen molar-refractivity contribution in [3.05, 3.63) is 54.2 Å². The Bertz CT molecular complexity index is 946. The van der Waals surface area contributed by atoms with Crippen LogP contribution in [0.2, 0.25) is 0 Å². The summed E-state index contributed by atoms with van der Waals surface area (Å²) in [5.74, 6) is 0.339. The first-order valence-electron chi connectivity index (χ1n) is 9.34. The molecule has 0 saturated heterocycles. The fraction of sp³-hybridized carbons (Fsp3) is 0.333. The molecule has 1 aromatic carbocycles. The van der Waals surface area contributed by atoms with Gasteiger partial charge in [-0.05, 0) is 30.7 Å². The van der Waals surface area contributed by atoms with E-state index in [0.717, 1.165) is 37.8 Å². The summed E-state index contributed by atoms with van der Waals surface area (Å²) >= 11 is 0. The second kappa shape index (κ2) is 8.46. The molecule has 0 atom stereocenters. The predicted molar refractivity (Wildman–Crippen MR) is 103 cm³/mol. The third kappa shape index (κ3) is 4.52. The molecule has 0 aliphatic rings. The number of hydrogen-bond acceptors (Lipinski definition) is 2. The molecule has 7 heteroatoms. The number of nitrogens with one attached hydrogen (secondary N) is 1. The van der Waals surface area contributed by atoms with Crippen LogP contribution in [0.1, 0.15) is 44.6 Å². The van der Waals surface area contributed by atoms with Crippen molar-refractivity contribution in [3.8, 4) is 11.3 Å². The molecule has 3 aromatic rings. The molecule has 2 aromatic heterocycles. The van der Waals surface area contributed by atoms with Crippen molar-refractivity contribution in [2.24, 2.45) is 0 Å². The molecule has 0 fully saturated rings. The number of rotatable bonds is 7. The van der Waals surface area contributed by atoms with E-state index < -0.39 is 11.7 Å². The number of aromatic nitrogens is 2. The average molecular weight is 389 g/mol. The summed E-state index contributed by atoms with van der Waals surface area (Å²) in [7, 11) is 0. The number of carbonyl (C=O) groups is 1. The molecule has 0 saturated carbocycles. The van der Waals surface area contributed by atoms with Crippen LogP contribution in [0.15, 0.2) is 48.7 Å². The van der Waals surface area contributed by atoms with Crippen LogP contribution < -0.4 is 5.32 Å². The fourth-order valence-electron chi connectivity index (χ4n) is 3.04. The van der Waals surface area contributed by atoms with Gasteiger partial charge in [0.15, 0.2) is 0 Å². The first kappa shape index (κ1) is 19.9. The van der Waals surface area contributed by atoms with Gasteiger partial charge in [-0.2, -0.15) is 13.2 Å². The highest BCUT2D eigenvalue weighted by molar-refractivity contribution is 5.94. The molecule has 148 valence electrons. The second-order valence-corrected chi connectivity index (χ2v) is 6.67. The Morgan fingerprint density at radius 2 is 1.82 bits per heavy atom. The highest BCUT2D eigenvalue weighted by Gasteiger charge is 2.30. The van der Waals surface area contributed by atoms with E-state index in [-0.39, 0.29) is 5.91 Å². The molecule has 28 heavy (non-hydrogen) atoms. The van der Waals surface area contributed by atoms with Crippen LogP contribution in [-0.4, -0.2) is 15.3 Å². The molecule has 4 nitrogen and oxygen atoms in total. The highest BCUT2D eigenvalue weighted by atomic mass is 19.4. The zero-order chi connectivity index (χ0) is 20.1. The minimum atomic E-state index is -4.40.